The van der Waals surface area contributed by atoms with Crippen LogP contribution in [0.4, 0.5) is 5.69 Å². The van der Waals surface area contributed by atoms with Crippen molar-refractivity contribution >= 4 is 17.3 Å². The smallest absolute Gasteiger partial charge is 0.120 e. The maximum atomic E-state index is 10.0. The van der Waals surface area contributed by atoms with E-state index in [9.17, 15) is 5.11 Å². The minimum Gasteiger partial charge on any atom is -0.508 e. The quantitative estimate of drug-likeness (QED) is 0.886. The minimum atomic E-state index is 0.310. The molecule has 3 rings (SSSR count). The lowest BCUT2D eigenvalue weighted by Gasteiger charge is -2.37. The Kier molecular flexibility index (Phi) is 3.58. The van der Waals surface area contributed by atoms with E-state index in [-0.39, 0.29) is 0 Å². The van der Waals surface area contributed by atoms with Crippen molar-refractivity contribution in [3.05, 3.63) is 58.6 Å². The number of benzene rings is 2. The van der Waals surface area contributed by atoms with Crippen molar-refractivity contribution in [2.24, 2.45) is 0 Å². The summed E-state index contributed by atoms with van der Waals surface area (Å²) >= 11 is 6.04. The summed E-state index contributed by atoms with van der Waals surface area (Å²) in [5.74, 6) is 0.310. The molecule has 3 heteroatoms. The molecular weight excluding hydrogens is 270 g/mol. The van der Waals surface area contributed by atoms with E-state index in [0.29, 0.717) is 23.4 Å². The number of aryl methyl sites for hydroxylation is 1. The van der Waals surface area contributed by atoms with Crippen LogP contribution in [-0.2, 0) is 13.0 Å². The first kappa shape index (κ1) is 13.3. The fraction of sp³-hybridized carbons (Fsp3) is 0.294. The van der Waals surface area contributed by atoms with Gasteiger partial charge in [0.2, 0.25) is 0 Å². The molecule has 20 heavy (non-hydrogen) atoms. The van der Waals surface area contributed by atoms with Gasteiger partial charge in [0, 0.05) is 28.9 Å². The second kappa shape index (κ2) is 5.37. The minimum absolute atomic E-state index is 0.310. The van der Waals surface area contributed by atoms with Crippen LogP contribution >= 0.6 is 11.6 Å². The van der Waals surface area contributed by atoms with Gasteiger partial charge < -0.3 is 10.0 Å². The summed E-state index contributed by atoms with van der Waals surface area (Å²) in [5, 5.41) is 10.7. The fourth-order valence-corrected chi connectivity index (χ4v) is 3.06. The van der Waals surface area contributed by atoms with Crippen LogP contribution in [0.25, 0.3) is 0 Å². The Morgan fingerprint density at radius 3 is 2.90 bits per heavy atom. The molecule has 0 spiro atoms. The van der Waals surface area contributed by atoms with E-state index in [2.05, 4.69) is 36.1 Å². The van der Waals surface area contributed by atoms with E-state index in [0.717, 1.165) is 18.4 Å². The highest BCUT2D eigenvalue weighted by Gasteiger charge is 2.23. The van der Waals surface area contributed by atoms with E-state index in [4.69, 9.17) is 11.6 Å². The summed E-state index contributed by atoms with van der Waals surface area (Å²) in [7, 11) is 0. The van der Waals surface area contributed by atoms with Gasteiger partial charge in [0.15, 0.2) is 0 Å². The predicted molar refractivity (Wildman–Crippen MR) is 83.5 cm³/mol. The van der Waals surface area contributed by atoms with Crippen LogP contribution in [0, 0.1) is 0 Å². The molecule has 1 atom stereocenters. The van der Waals surface area contributed by atoms with Gasteiger partial charge in [-0.1, -0.05) is 29.8 Å². The lowest BCUT2D eigenvalue weighted by molar-refractivity contribution is 0.463. The normalized spacial score (nSPS) is 17.9. The van der Waals surface area contributed by atoms with Crippen molar-refractivity contribution in [3.8, 4) is 5.75 Å². The van der Waals surface area contributed by atoms with Crippen molar-refractivity contribution in [1.29, 1.82) is 0 Å². The van der Waals surface area contributed by atoms with Crippen molar-refractivity contribution in [1.82, 2.24) is 0 Å². The Labute approximate surface area is 124 Å². The van der Waals surface area contributed by atoms with Gasteiger partial charge in [-0.2, -0.15) is 0 Å². The Morgan fingerprint density at radius 2 is 2.05 bits per heavy atom. The maximum Gasteiger partial charge on any atom is 0.120 e. The van der Waals surface area contributed by atoms with Crippen molar-refractivity contribution in [2.75, 3.05) is 4.90 Å². The van der Waals surface area contributed by atoms with E-state index in [1.165, 1.54) is 11.3 Å². The van der Waals surface area contributed by atoms with Gasteiger partial charge >= 0.3 is 0 Å². The Hall–Kier alpha value is -1.67. The van der Waals surface area contributed by atoms with Crippen molar-refractivity contribution in [2.45, 2.75) is 32.4 Å². The number of hydrogen-bond donors (Lipinski definition) is 1. The maximum absolute atomic E-state index is 10.0. The third-order valence-electron chi connectivity index (χ3n) is 4.05. The van der Waals surface area contributed by atoms with Crippen LogP contribution in [-0.4, -0.2) is 11.1 Å². The Bertz CT molecular complexity index is 626. The number of aromatic hydroxyl groups is 1. The highest BCUT2D eigenvalue weighted by molar-refractivity contribution is 6.30. The molecule has 0 saturated heterocycles. The first-order valence-corrected chi connectivity index (χ1v) is 7.35. The molecule has 0 aromatic heterocycles. The Morgan fingerprint density at radius 1 is 1.25 bits per heavy atom. The summed E-state index contributed by atoms with van der Waals surface area (Å²) < 4.78 is 0. The topological polar surface area (TPSA) is 23.5 Å². The van der Waals surface area contributed by atoms with E-state index < -0.39 is 0 Å². The van der Waals surface area contributed by atoms with Crippen molar-refractivity contribution < 1.29 is 5.11 Å². The lowest BCUT2D eigenvalue weighted by Crippen LogP contribution is -2.36. The zero-order valence-corrected chi connectivity index (χ0v) is 12.3. The van der Waals surface area contributed by atoms with Gasteiger partial charge in [-0.3, -0.25) is 0 Å². The fourth-order valence-electron chi connectivity index (χ4n) is 2.87. The van der Waals surface area contributed by atoms with Crippen LogP contribution in [0.1, 0.15) is 24.5 Å². The van der Waals surface area contributed by atoms with Gasteiger partial charge in [-0.15, -0.1) is 0 Å². The monoisotopic (exact) mass is 287 g/mol. The van der Waals surface area contributed by atoms with E-state index in [1.54, 1.807) is 12.1 Å². The van der Waals surface area contributed by atoms with Gasteiger partial charge in [0.25, 0.3) is 0 Å². The summed E-state index contributed by atoms with van der Waals surface area (Å²) in [6.07, 6.45) is 2.26. The molecule has 1 aliphatic heterocycles. The van der Waals surface area contributed by atoms with E-state index >= 15 is 0 Å². The zero-order chi connectivity index (χ0) is 14.1. The van der Waals surface area contributed by atoms with Crippen LogP contribution in [0.2, 0.25) is 5.02 Å². The highest BCUT2D eigenvalue weighted by atomic mass is 35.5. The molecule has 104 valence electrons. The third kappa shape index (κ3) is 2.48. The SMILES string of the molecule is CC1CCc2ccccc2N1Cc1cc(Cl)ccc1O. The number of halogens is 1. The van der Waals surface area contributed by atoms with Gasteiger partial charge in [-0.05, 0) is 49.6 Å². The molecule has 1 aliphatic rings. The first-order valence-electron chi connectivity index (χ1n) is 6.97. The molecule has 1 heterocycles. The van der Waals surface area contributed by atoms with E-state index in [1.807, 2.05) is 6.07 Å². The first-order chi connectivity index (χ1) is 9.65. The number of fused-ring (bicyclic) bond motifs is 1. The number of anilines is 1. The average Bonchev–Trinajstić information content (AvgIpc) is 2.46. The number of phenols is 1. The average molecular weight is 288 g/mol. The van der Waals surface area contributed by atoms with Crippen LogP contribution in [0.3, 0.4) is 0 Å². The van der Waals surface area contributed by atoms with Crippen LogP contribution < -0.4 is 4.90 Å². The number of hydrogen-bond acceptors (Lipinski definition) is 2. The van der Waals surface area contributed by atoms with Crippen LogP contribution in [0.15, 0.2) is 42.5 Å². The highest BCUT2D eigenvalue weighted by Crippen LogP contribution is 2.33. The molecule has 1 unspecified atom stereocenters. The lowest BCUT2D eigenvalue weighted by atomic mass is 9.96. The predicted octanol–water partition coefficient (Wildman–Crippen LogP) is 4.39. The molecule has 2 nitrogen and oxygen atoms in total. The summed E-state index contributed by atoms with van der Waals surface area (Å²) in [5.41, 5.74) is 3.53. The number of phenolic OH excluding ortho intramolecular Hbond substituents is 1. The molecule has 0 aliphatic carbocycles. The molecule has 0 saturated carbocycles. The van der Waals surface area contributed by atoms with Crippen LogP contribution in [0.5, 0.6) is 5.75 Å². The standard InChI is InChI=1S/C17H18ClNO/c1-12-6-7-13-4-2-3-5-16(13)19(12)11-14-10-15(18)8-9-17(14)20/h2-5,8-10,12,20H,6-7,11H2,1H3. The second-order valence-corrected chi connectivity index (χ2v) is 5.85. The third-order valence-corrected chi connectivity index (χ3v) is 4.28. The number of rotatable bonds is 2. The molecule has 0 fully saturated rings. The van der Waals surface area contributed by atoms with Crippen molar-refractivity contribution in [3.63, 3.8) is 0 Å². The molecule has 0 amide bonds. The zero-order valence-electron chi connectivity index (χ0n) is 11.5. The summed E-state index contributed by atoms with van der Waals surface area (Å²) in [6, 6.07) is 14.2. The van der Waals surface area contributed by atoms with Gasteiger partial charge in [0.1, 0.15) is 5.75 Å². The molecular formula is C17H18ClNO. The largest absolute Gasteiger partial charge is 0.508 e. The molecule has 2 aromatic carbocycles. The number of nitrogens with zero attached hydrogens (tertiary/aromatic N) is 1. The molecule has 1 N–H and O–H groups in total. The summed E-state index contributed by atoms with van der Waals surface area (Å²) in [6.45, 7) is 2.92. The number of para-hydroxylation sites is 1. The Balaban J connectivity index is 1.95. The van der Waals surface area contributed by atoms with Gasteiger partial charge in [-0.25, -0.2) is 0 Å². The van der Waals surface area contributed by atoms with Gasteiger partial charge in [0.05, 0.1) is 0 Å². The molecule has 0 radical (unpaired) electrons. The molecule has 2 aromatic rings. The summed E-state index contributed by atoms with van der Waals surface area (Å²) in [4.78, 5) is 2.35. The second-order valence-electron chi connectivity index (χ2n) is 5.42. The molecule has 0 bridgehead atoms.